The first-order valence-corrected chi connectivity index (χ1v) is 9.34. The van der Waals surface area contributed by atoms with E-state index in [1.54, 1.807) is 10.4 Å². The van der Waals surface area contributed by atoms with Crippen LogP contribution < -0.4 is 0 Å². The van der Waals surface area contributed by atoms with Crippen LogP contribution in [0.15, 0.2) is 26.0 Å². The molecule has 0 unspecified atom stereocenters. The van der Waals surface area contributed by atoms with Gasteiger partial charge >= 0.3 is 0 Å². The second-order valence-electron chi connectivity index (χ2n) is 4.93. The molecule has 0 N–H and O–H groups in total. The standard InChI is InChI=1S/C13H17Br2NO2S/c1-3-16(8-10-4-5-10)19(17,18)13-7-11(14)9(2)6-12(13)15/h6-7,10H,3-5,8H2,1-2H3. The molecule has 0 aliphatic heterocycles. The molecule has 1 aliphatic rings. The Morgan fingerprint density at radius 1 is 1.26 bits per heavy atom. The van der Waals surface area contributed by atoms with Gasteiger partial charge in [0.25, 0.3) is 0 Å². The van der Waals surface area contributed by atoms with Gasteiger partial charge in [-0.15, -0.1) is 0 Å². The second kappa shape index (κ2) is 5.84. The van der Waals surface area contributed by atoms with Gasteiger partial charge in [0.05, 0.1) is 4.90 Å². The highest BCUT2D eigenvalue weighted by Crippen LogP contribution is 2.34. The fourth-order valence-corrected chi connectivity index (χ4v) is 5.11. The average molecular weight is 411 g/mol. The van der Waals surface area contributed by atoms with Gasteiger partial charge in [0.15, 0.2) is 0 Å². The third-order valence-electron chi connectivity index (χ3n) is 3.34. The molecule has 19 heavy (non-hydrogen) atoms. The summed E-state index contributed by atoms with van der Waals surface area (Å²) in [6.07, 6.45) is 2.29. The van der Waals surface area contributed by atoms with E-state index in [0.29, 0.717) is 28.4 Å². The lowest BCUT2D eigenvalue weighted by Gasteiger charge is -2.21. The first-order chi connectivity index (χ1) is 8.86. The van der Waals surface area contributed by atoms with Crippen LogP contribution in [0.4, 0.5) is 0 Å². The van der Waals surface area contributed by atoms with Gasteiger partial charge in [-0.1, -0.05) is 22.9 Å². The molecule has 1 aromatic carbocycles. The average Bonchev–Trinajstić information content (AvgIpc) is 3.14. The van der Waals surface area contributed by atoms with E-state index in [1.807, 2.05) is 19.9 Å². The van der Waals surface area contributed by atoms with Gasteiger partial charge in [0, 0.05) is 22.0 Å². The molecule has 1 fully saturated rings. The Labute approximate surface area is 131 Å². The molecule has 1 aliphatic carbocycles. The molecule has 0 bridgehead atoms. The number of nitrogens with zero attached hydrogens (tertiary/aromatic N) is 1. The molecule has 3 nitrogen and oxygen atoms in total. The Morgan fingerprint density at radius 3 is 2.42 bits per heavy atom. The highest BCUT2D eigenvalue weighted by atomic mass is 79.9. The zero-order valence-corrected chi connectivity index (χ0v) is 15.0. The van der Waals surface area contributed by atoms with E-state index >= 15 is 0 Å². The van der Waals surface area contributed by atoms with Crippen molar-refractivity contribution in [1.82, 2.24) is 4.31 Å². The van der Waals surface area contributed by atoms with Gasteiger partial charge in [-0.05, 0) is 59.3 Å². The molecule has 2 rings (SSSR count). The monoisotopic (exact) mass is 409 g/mol. The van der Waals surface area contributed by atoms with Crippen LogP contribution in [0.1, 0.15) is 25.3 Å². The summed E-state index contributed by atoms with van der Waals surface area (Å²) >= 11 is 6.77. The Kier molecular flexibility index (Phi) is 4.75. The van der Waals surface area contributed by atoms with E-state index in [2.05, 4.69) is 31.9 Å². The zero-order valence-electron chi connectivity index (χ0n) is 11.0. The Bertz CT molecular complexity index is 583. The largest absolute Gasteiger partial charge is 0.244 e. The summed E-state index contributed by atoms with van der Waals surface area (Å²) in [5.41, 5.74) is 1.01. The van der Waals surface area contributed by atoms with Crippen LogP contribution in [0.25, 0.3) is 0 Å². The van der Waals surface area contributed by atoms with Crippen LogP contribution in [-0.2, 0) is 10.0 Å². The lowest BCUT2D eigenvalue weighted by atomic mass is 10.2. The van der Waals surface area contributed by atoms with Crippen molar-refractivity contribution in [1.29, 1.82) is 0 Å². The van der Waals surface area contributed by atoms with E-state index < -0.39 is 10.0 Å². The quantitative estimate of drug-likeness (QED) is 0.737. The summed E-state index contributed by atoms with van der Waals surface area (Å²) in [5.74, 6) is 0.544. The molecule has 1 aromatic rings. The number of halogens is 2. The highest BCUT2D eigenvalue weighted by Gasteiger charge is 2.32. The third kappa shape index (κ3) is 3.40. The van der Waals surface area contributed by atoms with Crippen LogP contribution in [0.2, 0.25) is 0 Å². The molecule has 6 heteroatoms. The van der Waals surface area contributed by atoms with Gasteiger partial charge in [-0.3, -0.25) is 0 Å². The maximum atomic E-state index is 12.7. The van der Waals surface area contributed by atoms with Crippen LogP contribution in [0, 0.1) is 12.8 Å². The fourth-order valence-electron chi connectivity index (χ4n) is 1.95. The van der Waals surface area contributed by atoms with Crippen molar-refractivity contribution in [3.63, 3.8) is 0 Å². The predicted molar refractivity (Wildman–Crippen MR) is 83.7 cm³/mol. The third-order valence-corrected chi connectivity index (χ3v) is 7.10. The molecule has 0 atom stereocenters. The van der Waals surface area contributed by atoms with E-state index in [9.17, 15) is 8.42 Å². The highest BCUT2D eigenvalue weighted by molar-refractivity contribution is 9.11. The maximum absolute atomic E-state index is 12.7. The van der Waals surface area contributed by atoms with Crippen LogP contribution in [-0.4, -0.2) is 25.8 Å². The molecule has 0 saturated heterocycles. The van der Waals surface area contributed by atoms with Crippen molar-refractivity contribution in [2.75, 3.05) is 13.1 Å². The van der Waals surface area contributed by atoms with Crippen LogP contribution in [0.3, 0.4) is 0 Å². The molecule has 0 radical (unpaired) electrons. The topological polar surface area (TPSA) is 37.4 Å². The van der Waals surface area contributed by atoms with Gasteiger partial charge in [0.1, 0.15) is 0 Å². The van der Waals surface area contributed by atoms with Crippen molar-refractivity contribution >= 4 is 41.9 Å². The fraction of sp³-hybridized carbons (Fsp3) is 0.538. The number of benzene rings is 1. The zero-order chi connectivity index (χ0) is 14.2. The molecule has 0 aromatic heterocycles. The molecule has 0 spiro atoms. The predicted octanol–water partition coefficient (Wildman–Crippen LogP) is 3.94. The summed E-state index contributed by atoms with van der Waals surface area (Å²) in [6.45, 7) is 4.97. The summed E-state index contributed by atoms with van der Waals surface area (Å²) in [4.78, 5) is 0.340. The maximum Gasteiger partial charge on any atom is 0.244 e. The van der Waals surface area contributed by atoms with Crippen molar-refractivity contribution in [2.45, 2.75) is 31.6 Å². The number of hydrogen-bond donors (Lipinski definition) is 0. The summed E-state index contributed by atoms with van der Waals surface area (Å²) < 4.78 is 28.4. The van der Waals surface area contributed by atoms with Gasteiger partial charge in [-0.2, -0.15) is 4.31 Å². The Hall–Kier alpha value is 0.0900. The van der Waals surface area contributed by atoms with E-state index in [0.717, 1.165) is 22.9 Å². The minimum absolute atomic E-state index is 0.340. The van der Waals surface area contributed by atoms with Gasteiger partial charge in [-0.25, -0.2) is 8.42 Å². The molecule has 0 heterocycles. The van der Waals surface area contributed by atoms with Gasteiger partial charge in [0.2, 0.25) is 10.0 Å². The Morgan fingerprint density at radius 2 is 1.89 bits per heavy atom. The molecule has 1 saturated carbocycles. The molecule has 106 valence electrons. The molecular formula is C13H17Br2NO2S. The van der Waals surface area contributed by atoms with Crippen LogP contribution in [0.5, 0.6) is 0 Å². The van der Waals surface area contributed by atoms with Crippen molar-refractivity contribution < 1.29 is 8.42 Å². The minimum atomic E-state index is -3.42. The summed E-state index contributed by atoms with van der Waals surface area (Å²) in [6, 6.07) is 3.52. The lowest BCUT2D eigenvalue weighted by molar-refractivity contribution is 0.411. The summed E-state index contributed by atoms with van der Waals surface area (Å²) in [7, 11) is -3.42. The summed E-state index contributed by atoms with van der Waals surface area (Å²) in [5, 5.41) is 0. The second-order valence-corrected chi connectivity index (χ2v) is 8.55. The number of rotatable bonds is 5. The number of aryl methyl sites for hydroxylation is 1. The number of hydrogen-bond acceptors (Lipinski definition) is 2. The minimum Gasteiger partial charge on any atom is -0.207 e. The molecule has 0 amide bonds. The normalized spacial score (nSPS) is 16.1. The lowest BCUT2D eigenvalue weighted by Crippen LogP contribution is -2.33. The Balaban J connectivity index is 2.39. The van der Waals surface area contributed by atoms with Crippen LogP contribution >= 0.6 is 31.9 Å². The number of sulfonamides is 1. The molecular weight excluding hydrogens is 394 g/mol. The SMILES string of the molecule is CCN(CC1CC1)S(=O)(=O)c1cc(Br)c(C)cc1Br. The van der Waals surface area contributed by atoms with Crippen molar-refractivity contribution in [2.24, 2.45) is 5.92 Å². The first-order valence-electron chi connectivity index (χ1n) is 6.32. The smallest absolute Gasteiger partial charge is 0.207 e. The van der Waals surface area contributed by atoms with Crippen molar-refractivity contribution in [3.8, 4) is 0 Å². The van der Waals surface area contributed by atoms with E-state index in [-0.39, 0.29) is 0 Å². The first kappa shape index (κ1) is 15.5. The van der Waals surface area contributed by atoms with Gasteiger partial charge < -0.3 is 0 Å². The van der Waals surface area contributed by atoms with Crippen molar-refractivity contribution in [3.05, 3.63) is 26.6 Å². The van der Waals surface area contributed by atoms with E-state index in [4.69, 9.17) is 0 Å². The van der Waals surface area contributed by atoms with E-state index in [1.165, 1.54) is 0 Å².